The van der Waals surface area contributed by atoms with E-state index in [9.17, 15) is 4.39 Å². The largest absolute Gasteiger partial charge is 0.342 e. The van der Waals surface area contributed by atoms with Gasteiger partial charge in [0.25, 0.3) is 0 Å². The Morgan fingerprint density at radius 2 is 2.12 bits per heavy atom. The van der Waals surface area contributed by atoms with Gasteiger partial charge in [-0.15, -0.1) is 11.6 Å². The Morgan fingerprint density at radius 1 is 1.44 bits per heavy atom. The Kier molecular flexibility index (Phi) is 3.85. The Labute approximate surface area is 107 Å². The Bertz CT molecular complexity index is 360. The summed E-state index contributed by atoms with van der Waals surface area (Å²) in [5.41, 5.74) is 0.790. The molecule has 0 amide bonds. The third-order valence-electron chi connectivity index (χ3n) is 2.49. The van der Waals surface area contributed by atoms with E-state index >= 15 is 0 Å². The third kappa shape index (κ3) is 2.25. The molecule has 0 radical (unpaired) electrons. The zero-order valence-electron chi connectivity index (χ0n) is 8.46. The van der Waals surface area contributed by atoms with E-state index in [2.05, 4.69) is 15.9 Å². The maximum atomic E-state index is 12.8. The molecule has 1 heterocycles. The summed E-state index contributed by atoms with van der Waals surface area (Å²) < 4.78 is 24.2. The molecule has 16 heavy (non-hydrogen) atoms. The molecular weight excluding hydrogens is 298 g/mol. The molecule has 1 fully saturated rings. The number of rotatable bonds is 3. The van der Waals surface area contributed by atoms with Gasteiger partial charge in [-0.1, -0.05) is 28.1 Å². The third-order valence-corrected chi connectivity index (χ3v) is 3.57. The lowest BCUT2D eigenvalue weighted by atomic mass is 10.1. The summed E-state index contributed by atoms with van der Waals surface area (Å²) in [7, 11) is 0. The predicted molar refractivity (Wildman–Crippen MR) is 63.4 cm³/mol. The first kappa shape index (κ1) is 12.3. The molecule has 1 aliphatic rings. The van der Waals surface area contributed by atoms with Gasteiger partial charge in [-0.05, 0) is 12.1 Å². The summed E-state index contributed by atoms with van der Waals surface area (Å²) in [5, 5.41) is 0.485. The SMILES string of the molecule is Fc1ccc([C@@]2(CBr)OC[C@@H](CCl)O2)cc1. The van der Waals surface area contributed by atoms with E-state index in [1.165, 1.54) is 12.1 Å². The van der Waals surface area contributed by atoms with Gasteiger partial charge in [-0.2, -0.15) is 0 Å². The molecule has 0 aliphatic carbocycles. The van der Waals surface area contributed by atoms with Gasteiger partial charge in [0.1, 0.15) is 5.82 Å². The first-order chi connectivity index (χ1) is 7.70. The van der Waals surface area contributed by atoms with E-state index in [1.54, 1.807) is 12.1 Å². The van der Waals surface area contributed by atoms with Gasteiger partial charge >= 0.3 is 0 Å². The molecule has 1 aliphatic heterocycles. The van der Waals surface area contributed by atoms with Crippen LogP contribution in [-0.4, -0.2) is 23.9 Å². The van der Waals surface area contributed by atoms with Gasteiger partial charge in [0.15, 0.2) is 0 Å². The van der Waals surface area contributed by atoms with Crippen LogP contribution in [0.15, 0.2) is 24.3 Å². The van der Waals surface area contributed by atoms with Crippen LogP contribution in [-0.2, 0) is 15.3 Å². The minimum absolute atomic E-state index is 0.121. The second-order valence-electron chi connectivity index (χ2n) is 3.60. The highest BCUT2D eigenvalue weighted by Gasteiger charge is 2.42. The van der Waals surface area contributed by atoms with Crippen molar-refractivity contribution >= 4 is 27.5 Å². The van der Waals surface area contributed by atoms with E-state index in [0.29, 0.717) is 17.8 Å². The summed E-state index contributed by atoms with van der Waals surface area (Å²) in [6.07, 6.45) is -0.121. The monoisotopic (exact) mass is 308 g/mol. The molecule has 2 nitrogen and oxygen atoms in total. The lowest BCUT2D eigenvalue weighted by Gasteiger charge is -2.26. The predicted octanol–water partition coefficient (Wildman–Crippen LogP) is 3.03. The van der Waals surface area contributed by atoms with Crippen molar-refractivity contribution in [3.8, 4) is 0 Å². The minimum atomic E-state index is -0.840. The standard InChI is InChI=1S/C11H11BrClFO2/c12-7-11(15-6-10(5-13)16-11)8-1-3-9(14)4-2-8/h1-4,10H,5-7H2/t10-,11+/m1/s1. The molecule has 1 aromatic carbocycles. The Hall–Kier alpha value is -0.160. The quantitative estimate of drug-likeness (QED) is 0.799. The molecule has 0 bridgehead atoms. The number of ether oxygens (including phenoxy) is 2. The summed E-state index contributed by atoms with van der Waals surface area (Å²) in [4.78, 5) is 0. The highest BCUT2D eigenvalue weighted by Crippen LogP contribution is 2.36. The second-order valence-corrected chi connectivity index (χ2v) is 4.47. The fraction of sp³-hybridized carbons (Fsp3) is 0.455. The maximum Gasteiger partial charge on any atom is 0.205 e. The molecule has 88 valence electrons. The fourth-order valence-corrected chi connectivity index (χ4v) is 2.41. The number of alkyl halides is 2. The lowest BCUT2D eigenvalue weighted by molar-refractivity contribution is -0.154. The average molecular weight is 310 g/mol. The lowest BCUT2D eigenvalue weighted by Crippen LogP contribution is -2.30. The number of benzene rings is 1. The summed E-state index contributed by atoms with van der Waals surface area (Å²) >= 11 is 9.08. The van der Waals surface area contributed by atoms with Crippen molar-refractivity contribution in [2.45, 2.75) is 11.9 Å². The van der Waals surface area contributed by atoms with E-state index in [4.69, 9.17) is 21.1 Å². The minimum Gasteiger partial charge on any atom is -0.342 e. The molecular formula is C11H11BrClFO2. The topological polar surface area (TPSA) is 18.5 Å². The summed E-state index contributed by atoms with van der Waals surface area (Å²) in [5.74, 6) is -0.733. The van der Waals surface area contributed by atoms with Crippen molar-refractivity contribution in [3.05, 3.63) is 35.6 Å². The van der Waals surface area contributed by atoms with Crippen LogP contribution in [0, 0.1) is 5.82 Å². The van der Waals surface area contributed by atoms with Crippen LogP contribution in [0.1, 0.15) is 5.56 Å². The van der Waals surface area contributed by atoms with Crippen LogP contribution in [0.2, 0.25) is 0 Å². The van der Waals surface area contributed by atoms with Crippen molar-refractivity contribution in [3.63, 3.8) is 0 Å². The van der Waals surface area contributed by atoms with E-state index in [-0.39, 0.29) is 11.9 Å². The molecule has 0 N–H and O–H groups in total. The zero-order chi connectivity index (χ0) is 11.6. The van der Waals surface area contributed by atoms with E-state index < -0.39 is 5.79 Å². The van der Waals surface area contributed by atoms with Gasteiger partial charge < -0.3 is 9.47 Å². The van der Waals surface area contributed by atoms with Crippen molar-refractivity contribution in [2.24, 2.45) is 0 Å². The molecule has 0 unspecified atom stereocenters. The molecule has 0 spiro atoms. The van der Waals surface area contributed by atoms with Crippen molar-refractivity contribution in [1.82, 2.24) is 0 Å². The molecule has 2 rings (SSSR count). The van der Waals surface area contributed by atoms with Crippen molar-refractivity contribution < 1.29 is 13.9 Å². The van der Waals surface area contributed by atoms with Gasteiger partial charge in [0.2, 0.25) is 5.79 Å². The van der Waals surface area contributed by atoms with Crippen LogP contribution < -0.4 is 0 Å². The van der Waals surface area contributed by atoms with Crippen LogP contribution in [0.4, 0.5) is 4.39 Å². The molecule has 1 aromatic rings. The van der Waals surface area contributed by atoms with Crippen molar-refractivity contribution in [2.75, 3.05) is 17.8 Å². The van der Waals surface area contributed by atoms with Crippen LogP contribution in [0.3, 0.4) is 0 Å². The normalized spacial score (nSPS) is 29.6. The average Bonchev–Trinajstić information content (AvgIpc) is 2.75. The van der Waals surface area contributed by atoms with E-state index in [1.807, 2.05) is 0 Å². The van der Waals surface area contributed by atoms with E-state index in [0.717, 1.165) is 5.56 Å². The smallest absolute Gasteiger partial charge is 0.205 e. The Morgan fingerprint density at radius 3 is 2.62 bits per heavy atom. The van der Waals surface area contributed by atoms with Crippen molar-refractivity contribution in [1.29, 1.82) is 0 Å². The fourth-order valence-electron chi connectivity index (χ4n) is 1.64. The van der Waals surface area contributed by atoms with Gasteiger partial charge in [0.05, 0.1) is 23.9 Å². The first-order valence-electron chi connectivity index (χ1n) is 4.90. The number of hydrogen-bond donors (Lipinski definition) is 0. The molecule has 5 heteroatoms. The van der Waals surface area contributed by atoms with Crippen LogP contribution in [0.5, 0.6) is 0 Å². The summed E-state index contributed by atoms with van der Waals surface area (Å²) in [6, 6.07) is 6.10. The summed E-state index contributed by atoms with van der Waals surface area (Å²) in [6.45, 7) is 0.451. The van der Waals surface area contributed by atoms with Gasteiger partial charge in [0, 0.05) is 5.56 Å². The molecule has 1 saturated heterocycles. The first-order valence-corrected chi connectivity index (χ1v) is 6.55. The zero-order valence-corrected chi connectivity index (χ0v) is 10.8. The molecule has 2 atom stereocenters. The highest BCUT2D eigenvalue weighted by molar-refractivity contribution is 9.09. The van der Waals surface area contributed by atoms with Crippen LogP contribution in [0.25, 0.3) is 0 Å². The Balaban J connectivity index is 2.25. The van der Waals surface area contributed by atoms with Gasteiger partial charge in [-0.3, -0.25) is 0 Å². The molecule has 0 saturated carbocycles. The maximum absolute atomic E-state index is 12.8. The number of hydrogen-bond acceptors (Lipinski definition) is 2. The van der Waals surface area contributed by atoms with Gasteiger partial charge in [-0.25, -0.2) is 4.39 Å². The molecule has 0 aromatic heterocycles. The van der Waals surface area contributed by atoms with Crippen LogP contribution >= 0.6 is 27.5 Å². The number of halogens is 3. The highest BCUT2D eigenvalue weighted by atomic mass is 79.9. The second kappa shape index (κ2) is 5.00.